The van der Waals surface area contributed by atoms with Gasteiger partial charge in [-0.1, -0.05) is 12.1 Å². The molecule has 0 bridgehead atoms. The lowest BCUT2D eigenvalue weighted by Crippen LogP contribution is -2.42. The van der Waals surface area contributed by atoms with Gasteiger partial charge in [-0.3, -0.25) is 9.59 Å². The first-order chi connectivity index (χ1) is 12.4. The largest absolute Gasteiger partial charge is 0.341 e. The smallest absolute Gasteiger partial charge is 0.232 e. The summed E-state index contributed by atoms with van der Waals surface area (Å²) in [6, 6.07) is 7.62. The first-order valence-electron chi connectivity index (χ1n) is 9.02. The molecule has 2 amide bonds. The molecule has 2 N–H and O–H groups in total. The summed E-state index contributed by atoms with van der Waals surface area (Å²) in [4.78, 5) is 29.3. The number of para-hydroxylation sites is 1. The van der Waals surface area contributed by atoms with Gasteiger partial charge >= 0.3 is 0 Å². The van der Waals surface area contributed by atoms with Gasteiger partial charge in [-0.05, 0) is 32.1 Å². The van der Waals surface area contributed by atoms with E-state index in [0.29, 0.717) is 11.7 Å². The van der Waals surface area contributed by atoms with E-state index in [-0.39, 0.29) is 17.2 Å². The third-order valence-electron chi connectivity index (χ3n) is 5.21. The molecule has 142 valence electrons. The predicted molar refractivity (Wildman–Crippen MR) is 105 cm³/mol. The quantitative estimate of drug-likeness (QED) is 0.734. The molecule has 26 heavy (non-hydrogen) atoms. The van der Waals surface area contributed by atoms with Crippen LogP contribution in [0.25, 0.3) is 0 Å². The van der Waals surface area contributed by atoms with Crippen LogP contribution in [0.4, 0.5) is 5.69 Å². The van der Waals surface area contributed by atoms with Crippen LogP contribution in [0.3, 0.4) is 0 Å². The van der Waals surface area contributed by atoms with Crippen LogP contribution in [0.15, 0.2) is 29.2 Å². The van der Waals surface area contributed by atoms with Gasteiger partial charge in [0.2, 0.25) is 11.8 Å². The van der Waals surface area contributed by atoms with Crippen LogP contribution in [0.5, 0.6) is 0 Å². The molecule has 2 fully saturated rings. The SMILES string of the molecule is CC(=O)Nc1ccccc1SCC(=O)N1CC2CNCC2(CN(C)C)C1. The molecule has 0 saturated carbocycles. The van der Waals surface area contributed by atoms with E-state index in [1.54, 1.807) is 0 Å². The minimum atomic E-state index is -0.102. The summed E-state index contributed by atoms with van der Waals surface area (Å²) >= 11 is 1.49. The summed E-state index contributed by atoms with van der Waals surface area (Å²) in [5, 5.41) is 6.33. The van der Waals surface area contributed by atoms with Gasteiger partial charge in [-0.2, -0.15) is 0 Å². The van der Waals surface area contributed by atoms with Crippen molar-refractivity contribution in [2.75, 3.05) is 57.9 Å². The predicted octanol–water partition coefficient (Wildman–Crippen LogP) is 1.35. The summed E-state index contributed by atoms with van der Waals surface area (Å²) in [6.07, 6.45) is 0. The molecule has 3 rings (SSSR count). The highest BCUT2D eigenvalue weighted by Gasteiger charge is 2.50. The first kappa shape index (κ1) is 19.2. The maximum absolute atomic E-state index is 12.8. The van der Waals surface area contributed by atoms with E-state index in [0.717, 1.165) is 43.3 Å². The van der Waals surface area contributed by atoms with Crippen molar-refractivity contribution in [1.82, 2.24) is 15.1 Å². The number of likely N-dealkylation sites (tertiary alicyclic amines) is 1. The maximum Gasteiger partial charge on any atom is 0.232 e. The van der Waals surface area contributed by atoms with Crippen LogP contribution >= 0.6 is 11.8 Å². The van der Waals surface area contributed by atoms with Crippen molar-refractivity contribution in [2.24, 2.45) is 11.3 Å². The van der Waals surface area contributed by atoms with Crippen LogP contribution in [-0.4, -0.2) is 74.2 Å². The minimum absolute atomic E-state index is 0.102. The normalized spacial score (nSPS) is 24.8. The number of nitrogens with one attached hydrogen (secondary N) is 2. The molecule has 2 heterocycles. The average molecular weight is 377 g/mol. The Kier molecular flexibility index (Phi) is 5.89. The van der Waals surface area contributed by atoms with E-state index in [1.807, 2.05) is 29.2 Å². The number of amides is 2. The molecule has 1 aromatic rings. The Bertz CT molecular complexity index is 681. The highest BCUT2D eigenvalue weighted by molar-refractivity contribution is 8.00. The van der Waals surface area contributed by atoms with E-state index < -0.39 is 0 Å². The van der Waals surface area contributed by atoms with Crippen molar-refractivity contribution in [3.63, 3.8) is 0 Å². The molecule has 2 aliphatic heterocycles. The fourth-order valence-electron chi connectivity index (χ4n) is 4.18. The highest BCUT2D eigenvalue weighted by atomic mass is 32.2. The van der Waals surface area contributed by atoms with Crippen LogP contribution < -0.4 is 10.6 Å². The molecule has 0 spiro atoms. The number of rotatable bonds is 6. The number of carbonyl (C=O) groups excluding carboxylic acids is 2. The van der Waals surface area contributed by atoms with Crippen molar-refractivity contribution in [3.05, 3.63) is 24.3 Å². The van der Waals surface area contributed by atoms with E-state index in [2.05, 4.69) is 29.6 Å². The summed E-state index contributed by atoms with van der Waals surface area (Å²) < 4.78 is 0. The standard InChI is InChI=1S/C19H28N4O2S/c1-14(24)21-16-6-4-5-7-17(16)26-10-18(25)23-9-15-8-20-11-19(15,13-23)12-22(2)3/h4-7,15,20H,8-13H2,1-3H3,(H,21,24). The van der Waals surface area contributed by atoms with Gasteiger partial charge in [-0.25, -0.2) is 0 Å². The topological polar surface area (TPSA) is 64.7 Å². The second-order valence-corrected chi connectivity index (χ2v) is 8.69. The zero-order valence-corrected chi connectivity index (χ0v) is 16.6. The third kappa shape index (κ3) is 4.22. The molecule has 7 heteroatoms. The fourth-order valence-corrected chi connectivity index (χ4v) is 5.09. The Morgan fingerprint density at radius 2 is 2.15 bits per heavy atom. The molecule has 2 aliphatic rings. The van der Waals surface area contributed by atoms with Gasteiger partial charge in [0.05, 0.1) is 11.4 Å². The van der Waals surface area contributed by atoms with E-state index >= 15 is 0 Å². The van der Waals surface area contributed by atoms with Crippen LogP contribution in [0.1, 0.15) is 6.92 Å². The van der Waals surface area contributed by atoms with Gasteiger partial charge in [0.15, 0.2) is 0 Å². The highest BCUT2D eigenvalue weighted by Crippen LogP contribution is 2.40. The summed E-state index contributed by atoms with van der Waals surface area (Å²) in [6.45, 7) is 6.15. The number of thioether (sulfide) groups is 1. The van der Waals surface area contributed by atoms with Crippen molar-refractivity contribution >= 4 is 29.3 Å². The molecule has 6 nitrogen and oxygen atoms in total. The zero-order chi connectivity index (χ0) is 18.7. The van der Waals surface area contributed by atoms with Gasteiger partial charge in [-0.15, -0.1) is 11.8 Å². The number of nitrogens with zero attached hydrogens (tertiary/aromatic N) is 2. The molecular formula is C19H28N4O2S. The lowest BCUT2D eigenvalue weighted by molar-refractivity contribution is -0.127. The molecule has 0 radical (unpaired) electrons. The van der Waals surface area contributed by atoms with Crippen molar-refractivity contribution in [1.29, 1.82) is 0 Å². The summed E-state index contributed by atoms with van der Waals surface area (Å²) in [7, 11) is 4.20. The van der Waals surface area contributed by atoms with Crippen molar-refractivity contribution in [2.45, 2.75) is 11.8 Å². The summed E-state index contributed by atoms with van der Waals surface area (Å²) in [5.74, 6) is 1.01. The molecule has 2 atom stereocenters. The molecule has 0 aromatic heterocycles. The number of anilines is 1. The second kappa shape index (κ2) is 7.98. The molecule has 2 unspecified atom stereocenters. The van der Waals surface area contributed by atoms with Gasteiger partial charge in [0.1, 0.15) is 0 Å². The van der Waals surface area contributed by atoms with Crippen LogP contribution in [-0.2, 0) is 9.59 Å². The Labute approximate surface area is 159 Å². The Morgan fingerprint density at radius 3 is 2.88 bits per heavy atom. The van der Waals surface area contributed by atoms with Crippen LogP contribution in [0, 0.1) is 11.3 Å². The third-order valence-corrected chi connectivity index (χ3v) is 6.27. The lowest BCUT2D eigenvalue weighted by Gasteiger charge is -2.31. The Balaban J connectivity index is 1.61. The lowest BCUT2D eigenvalue weighted by atomic mass is 9.80. The zero-order valence-electron chi connectivity index (χ0n) is 15.7. The molecule has 2 saturated heterocycles. The monoisotopic (exact) mass is 376 g/mol. The van der Waals surface area contributed by atoms with Crippen molar-refractivity contribution < 1.29 is 9.59 Å². The fraction of sp³-hybridized carbons (Fsp3) is 0.579. The first-order valence-corrected chi connectivity index (χ1v) is 10.0. The summed E-state index contributed by atoms with van der Waals surface area (Å²) in [5.41, 5.74) is 0.946. The Morgan fingerprint density at radius 1 is 1.38 bits per heavy atom. The van der Waals surface area contributed by atoms with Crippen molar-refractivity contribution in [3.8, 4) is 0 Å². The molecular weight excluding hydrogens is 348 g/mol. The molecule has 1 aromatic carbocycles. The molecule has 0 aliphatic carbocycles. The van der Waals surface area contributed by atoms with E-state index in [4.69, 9.17) is 0 Å². The van der Waals surface area contributed by atoms with Crippen LogP contribution in [0.2, 0.25) is 0 Å². The number of fused-ring (bicyclic) bond motifs is 1. The van der Waals surface area contributed by atoms with E-state index in [9.17, 15) is 9.59 Å². The van der Waals surface area contributed by atoms with E-state index in [1.165, 1.54) is 18.7 Å². The van der Waals surface area contributed by atoms with Gasteiger partial charge in [0.25, 0.3) is 0 Å². The van der Waals surface area contributed by atoms with Gasteiger partial charge < -0.3 is 20.4 Å². The number of hydrogen-bond donors (Lipinski definition) is 2. The second-order valence-electron chi connectivity index (χ2n) is 7.67. The minimum Gasteiger partial charge on any atom is -0.341 e. The number of carbonyl (C=O) groups is 2. The van der Waals surface area contributed by atoms with Gasteiger partial charge in [0, 0.05) is 50.0 Å². The number of benzene rings is 1. The average Bonchev–Trinajstić information content (AvgIpc) is 3.09. The maximum atomic E-state index is 12.8. The number of hydrogen-bond acceptors (Lipinski definition) is 5. The Hall–Kier alpha value is -1.57.